The predicted molar refractivity (Wildman–Crippen MR) is 179 cm³/mol. The monoisotopic (exact) mass is 643 g/mol. The first kappa shape index (κ1) is 32.7. The Kier molecular flexibility index (Phi) is 12.0. The number of alkyl carbamates (subject to hydrolysis) is 1. The molecule has 3 aromatic carbocycles. The molecule has 0 aliphatic carbocycles. The highest BCUT2D eigenvalue weighted by Crippen LogP contribution is 2.30. The molecule has 234 valence electrons. The molecule has 5 rings (SSSR count). The van der Waals surface area contributed by atoms with E-state index < -0.39 is 18.1 Å². The average molecular weight is 644 g/mol. The molecule has 9 heteroatoms. The van der Waals surface area contributed by atoms with Gasteiger partial charge in [0.1, 0.15) is 6.04 Å². The summed E-state index contributed by atoms with van der Waals surface area (Å²) >= 11 is 7.79. The number of hydrogen-bond donors (Lipinski definition) is 2. The summed E-state index contributed by atoms with van der Waals surface area (Å²) in [5, 5.41) is 7.11. The average Bonchev–Trinajstić information content (AvgIpc) is 3.08. The van der Waals surface area contributed by atoms with Gasteiger partial charge in [-0.1, -0.05) is 66.2 Å². The van der Waals surface area contributed by atoms with Gasteiger partial charge in [0.2, 0.25) is 0 Å². The topological polar surface area (TPSA) is 89.5 Å². The first-order valence-electron chi connectivity index (χ1n) is 15.1. The quantitative estimate of drug-likeness (QED) is 0.161. The van der Waals surface area contributed by atoms with Crippen LogP contribution in [0.4, 0.5) is 4.79 Å². The number of nitrogens with zero attached hydrogens (tertiary/aromatic N) is 1. The minimum Gasteiger partial charge on any atom is -0.453 e. The number of rotatable bonds is 13. The number of benzene rings is 3. The molecule has 1 aliphatic rings. The number of hydrogen-bond acceptors (Lipinski definition) is 7. The lowest BCUT2D eigenvalue weighted by Crippen LogP contribution is -2.46. The highest BCUT2D eigenvalue weighted by Gasteiger charge is 2.33. The zero-order valence-corrected chi connectivity index (χ0v) is 26.8. The number of nitrogens with one attached hydrogen (secondary N) is 2. The first-order valence-corrected chi connectivity index (χ1v) is 16.5. The van der Waals surface area contributed by atoms with Gasteiger partial charge in [-0.05, 0) is 71.5 Å². The fourth-order valence-corrected chi connectivity index (χ4v) is 6.72. The molecule has 0 saturated carbocycles. The van der Waals surface area contributed by atoms with E-state index >= 15 is 0 Å². The molecule has 7 nitrogen and oxygen atoms in total. The van der Waals surface area contributed by atoms with Crippen molar-refractivity contribution in [2.75, 3.05) is 26.0 Å². The fourth-order valence-electron chi connectivity index (χ4n) is 5.69. The van der Waals surface area contributed by atoms with Gasteiger partial charge in [0.25, 0.3) is 0 Å². The summed E-state index contributed by atoms with van der Waals surface area (Å²) in [5.41, 5.74) is 3.84. The van der Waals surface area contributed by atoms with E-state index in [9.17, 15) is 9.59 Å². The Morgan fingerprint density at radius 2 is 1.60 bits per heavy atom. The number of morpholine rings is 1. The molecule has 0 bridgehead atoms. The number of thioether (sulfide) groups is 1. The zero-order chi connectivity index (χ0) is 31.4. The van der Waals surface area contributed by atoms with E-state index in [1.54, 1.807) is 24.2 Å². The van der Waals surface area contributed by atoms with Crippen LogP contribution in [0.5, 0.6) is 0 Å². The van der Waals surface area contributed by atoms with Crippen LogP contribution in [0.1, 0.15) is 34.6 Å². The van der Waals surface area contributed by atoms with Crippen molar-refractivity contribution in [1.29, 1.82) is 0 Å². The highest BCUT2D eigenvalue weighted by molar-refractivity contribution is 7.99. The van der Waals surface area contributed by atoms with Gasteiger partial charge < -0.3 is 20.1 Å². The lowest BCUT2D eigenvalue weighted by atomic mass is 9.82. The van der Waals surface area contributed by atoms with E-state index in [2.05, 4.69) is 21.7 Å². The number of carbonyl (C=O) groups is 2. The van der Waals surface area contributed by atoms with E-state index in [1.807, 2.05) is 84.9 Å². The lowest BCUT2D eigenvalue weighted by molar-refractivity contribution is -0.120. The first-order chi connectivity index (χ1) is 22.0. The highest BCUT2D eigenvalue weighted by atomic mass is 35.5. The maximum atomic E-state index is 14.1. The van der Waals surface area contributed by atoms with E-state index in [0.717, 1.165) is 59.0 Å². The number of aromatic nitrogens is 1. The van der Waals surface area contributed by atoms with Gasteiger partial charge in [-0.15, -0.1) is 11.8 Å². The van der Waals surface area contributed by atoms with E-state index in [-0.39, 0.29) is 24.4 Å². The molecule has 0 spiro atoms. The predicted octanol–water partition coefficient (Wildman–Crippen LogP) is 6.49. The minimum absolute atomic E-state index is 0.0706. The van der Waals surface area contributed by atoms with Crippen molar-refractivity contribution in [3.05, 3.63) is 131 Å². The van der Waals surface area contributed by atoms with Crippen LogP contribution in [-0.4, -0.2) is 61.1 Å². The van der Waals surface area contributed by atoms with Crippen molar-refractivity contribution in [3.63, 3.8) is 0 Å². The van der Waals surface area contributed by atoms with E-state index in [0.29, 0.717) is 0 Å². The molecule has 1 fully saturated rings. The zero-order valence-electron chi connectivity index (χ0n) is 25.2. The summed E-state index contributed by atoms with van der Waals surface area (Å²) in [6.45, 7) is 1.61. The summed E-state index contributed by atoms with van der Waals surface area (Å²) in [7, 11) is 1.30. The second-order valence-corrected chi connectivity index (χ2v) is 12.6. The molecule has 0 unspecified atom stereocenters. The molecule has 1 amide bonds. The number of carbonyl (C=O) groups excluding carboxylic acids is 2. The summed E-state index contributed by atoms with van der Waals surface area (Å²) < 4.78 is 11.4. The second kappa shape index (κ2) is 16.6. The summed E-state index contributed by atoms with van der Waals surface area (Å²) in [4.78, 5) is 32.0. The van der Waals surface area contributed by atoms with Gasteiger partial charge in [0.15, 0.2) is 5.78 Å². The van der Waals surface area contributed by atoms with Crippen LogP contribution in [0.2, 0.25) is 5.02 Å². The van der Waals surface area contributed by atoms with Gasteiger partial charge in [0, 0.05) is 53.5 Å². The molecule has 4 aromatic rings. The van der Waals surface area contributed by atoms with Crippen LogP contribution < -0.4 is 10.6 Å². The van der Waals surface area contributed by atoms with Gasteiger partial charge >= 0.3 is 6.09 Å². The van der Waals surface area contributed by atoms with Crippen molar-refractivity contribution in [3.8, 4) is 0 Å². The third-order valence-electron chi connectivity index (χ3n) is 7.96. The summed E-state index contributed by atoms with van der Waals surface area (Å²) in [6.07, 6.45) is 4.69. The number of ketones is 1. The molecule has 0 radical (unpaired) electrons. The van der Waals surface area contributed by atoms with Crippen LogP contribution in [0.15, 0.2) is 108 Å². The number of aryl methyl sites for hydroxylation is 1. The maximum absolute atomic E-state index is 14.1. The molecule has 2 heterocycles. The molecule has 1 saturated heterocycles. The second-order valence-electron chi connectivity index (χ2n) is 11.0. The largest absolute Gasteiger partial charge is 0.453 e. The minimum atomic E-state index is -0.847. The number of halogens is 1. The third-order valence-corrected chi connectivity index (χ3v) is 9.36. The summed E-state index contributed by atoms with van der Waals surface area (Å²) in [5.74, 6) is 0.330. The van der Waals surface area contributed by atoms with Crippen LogP contribution >= 0.6 is 23.4 Å². The van der Waals surface area contributed by atoms with Gasteiger partial charge in [-0.25, -0.2) is 4.79 Å². The van der Waals surface area contributed by atoms with Crippen molar-refractivity contribution in [2.24, 2.45) is 0 Å². The van der Waals surface area contributed by atoms with Gasteiger partial charge in [0.05, 0.1) is 19.3 Å². The van der Waals surface area contributed by atoms with Gasteiger partial charge in [-0.3, -0.25) is 9.78 Å². The Labute approximate surface area is 274 Å². The normalized spacial score (nSPS) is 17.6. The molecule has 1 aromatic heterocycles. The SMILES string of the molecule is COC(=O)N[C@H](C(=O)Cc1ccccc1CC[C@@H]1CNC[C@@H](CSc2ccc(Cl)cc2)O1)[C@H](c1ccccc1)c1ccncc1. The Hall–Kier alpha value is -3.69. The van der Waals surface area contributed by atoms with Crippen molar-refractivity contribution in [2.45, 2.75) is 48.3 Å². The molecular weight excluding hydrogens is 606 g/mol. The maximum Gasteiger partial charge on any atom is 0.407 e. The number of amides is 1. The van der Waals surface area contributed by atoms with Crippen molar-refractivity contribution >= 4 is 35.2 Å². The third kappa shape index (κ3) is 9.41. The van der Waals surface area contributed by atoms with Crippen LogP contribution in [0, 0.1) is 0 Å². The van der Waals surface area contributed by atoms with Crippen LogP contribution in [0.3, 0.4) is 0 Å². The van der Waals surface area contributed by atoms with Crippen molar-refractivity contribution < 1.29 is 19.1 Å². The fraction of sp³-hybridized carbons (Fsp3) is 0.306. The smallest absolute Gasteiger partial charge is 0.407 e. The van der Waals surface area contributed by atoms with E-state index in [1.165, 1.54) is 12.0 Å². The van der Waals surface area contributed by atoms with Crippen molar-refractivity contribution in [1.82, 2.24) is 15.6 Å². The molecule has 1 aliphatic heterocycles. The van der Waals surface area contributed by atoms with E-state index in [4.69, 9.17) is 21.1 Å². The number of pyridine rings is 1. The number of methoxy groups -OCH3 is 1. The standard InChI is InChI=1S/C36H38ClN3O4S/c1-43-36(42)40-35(34(26-8-3-2-4-9-26)27-17-19-38-20-18-27)33(41)21-28-10-6-5-7-25(28)11-14-30-22-39-23-31(44-30)24-45-32-15-12-29(37)13-16-32/h2-10,12-13,15-20,30-31,34-35,39H,11,14,21-24H2,1H3,(H,40,42)/t30-,31+,34-,35-/m1/s1. The van der Waals surface area contributed by atoms with Crippen LogP contribution in [-0.2, 0) is 27.1 Å². The van der Waals surface area contributed by atoms with Gasteiger partial charge in [-0.2, -0.15) is 0 Å². The Bertz CT molecular complexity index is 1490. The number of ether oxygens (including phenoxy) is 2. The number of Topliss-reactive ketones (excluding diaryl/α,β-unsaturated/α-hetero) is 1. The molecular formula is C36H38ClN3O4S. The Morgan fingerprint density at radius 1 is 0.933 bits per heavy atom. The Morgan fingerprint density at radius 3 is 2.33 bits per heavy atom. The summed E-state index contributed by atoms with van der Waals surface area (Å²) in [6, 6.07) is 28.6. The molecule has 2 N–H and O–H groups in total. The Balaban J connectivity index is 1.27. The van der Waals surface area contributed by atoms with Crippen LogP contribution in [0.25, 0.3) is 0 Å². The molecule has 4 atom stereocenters. The lowest BCUT2D eigenvalue weighted by Gasteiger charge is -2.31. The molecule has 45 heavy (non-hydrogen) atoms.